The summed E-state index contributed by atoms with van der Waals surface area (Å²) in [5.74, 6) is -1.43. The number of fused-ring (bicyclic) bond motifs is 2. The number of nitrogens with zero attached hydrogens (tertiary/aromatic N) is 3. The monoisotopic (exact) mass is 552 g/mol. The number of furan rings is 1. The number of likely N-dealkylation sites (tertiary alicyclic amines) is 1. The molecule has 11 nitrogen and oxygen atoms in total. The van der Waals surface area contributed by atoms with Crippen LogP contribution in [0.1, 0.15) is 47.6 Å². The molecular weight excluding hydrogens is 524 g/mol. The minimum Gasteiger partial charge on any atom is -0.451 e. The van der Waals surface area contributed by atoms with Gasteiger partial charge < -0.3 is 14.6 Å². The van der Waals surface area contributed by atoms with E-state index in [1.54, 1.807) is 24.3 Å². The summed E-state index contributed by atoms with van der Waals surface area (Å²) >= 11 is 0. The molecule has 2 fully saturated rings. The number of para-hydroxylation sites is 1. The molecule has 3 aromatic rings. The molecule has 2 aliphatic rings. The normalized spacial score (nSPS) is 20.4. The smallest absolute Gasteiger partial charge is 0.293 e. The molecule has 0 saturated carbocycles. The van der Waals surface area contributed by atoms with Gasteiger partial charge in [0.05, 0.1) is 18.2 Å². The first-order chi connectivity index (χ1) is 18.6. The van der Waals surface area contributed by atoms with E-state index in [0.717, 1.165) is 15.9 Å². The molecule has 2 aliphatic heterocycles. The molecule has 12 heteroatoms. The predicted octanol–water partition coefficient (Wildman–Crippen LogP) is 2.00. The Morgan fingerprint density at radius 1 is 1.15 bits per heavy atom. The lowest BCUT2D eigenvalue weighted by Gasteiger charge is -2.28. The topological polar surface area (TPSA) is 147 Å². The van der Waals surface area contributed by atoms with E-state index in [1.807, 2.05) is 19.9 Å². The van der Waals surface area contributed by atoms with Crippen molar-refractivity contribution in [2.45, 2.75) is 44.8 Å². The van der Waals surface area contributed by atoms with Crippen LogP contribution in [0.5, 0.6) is 0 Å². The van der Waals surface area contributed by atoms with E-state index >= 15 is 0 Å². The summed E-state index contributed by atoms with van der Waals surface area (Å²) in [5.41, 5.74) is 0.431. The van der Waals surface area contributed by atoms with Gasteiger partial charge in [-0.15, -0.1) is 0 Å². The van der Waals surface area contributed by atoms with E-state index in [2.05, 4.69) is 10.3 Å². The summed E-state index contributed by atoms with van der Waals surface area (Å²) in [6, 6.07) is 8.67. The van der Waals surface area contributed by atoms with Crippen LogP contribution in [0.3, 0.4) is 0 Å². The van der Waals surface area contributed by atoms with Crippen LogP contribution in [0.15, 0.2) is 59.3 Å². The maximum absolute atomic E-state index is 13.7. The molecule has 39 heavy (non-hydrogen) atoms. The second-order valence-electron chi connectivity index (χ2n) is 10.2. The van der Waals surface area contributed by atoms with Crippen molar-refractivity contribution in [3.8, 4) is 0 Å². The number of sulfonamides is 1. The number of Topliss-reactive ketones (excluding diaryl/α,β-unsaturated/α-hetero) is 1. The first-order valence-electron chi connectivity index (χ1n) is 12.7. The summed E-state index contributed by atoms with van der Waals surface area (Å²) in [4.78, 5) is 57.7. The Labute approximate surface area is 225 Å². The molecule has 204 valence electrons. The Balaban J connectivity index is 1.35. The van der Waals surface area contributed by atoms with Gasteiger partial charge >= 0.3 is 0 Å². The number of rotatable bonds is 7. The van der Waals surface area contributed by atoms with Gasteiger partial charge in [0, 0.05) is 24.3 Å². The van der Waals surface area contributed by atoms with Crippen LogP contribution < -0.4 is 5.32 Å². The first-order valence-corrected chi connectivity index (χ1v) is 14.1. The molecule has 2 amide bonds. The number of hydrogen-bond donors (Lipinski definition) is 1. The van der Waals surface area contributed by atoms with Crippen molar-refractivity contribution in [2.75, 3.05) is 13.1 Å². The van der Waals surface area contributed by atoms with E-state index in [-0.39, 0.29) is 30.2 Å². The van der Waals surface area contributed by atoms with Crippen molar-refractivity contribution < 1.29 is 32.0 Å². The van der Waals surface area contributed by atoms with Crippen LogP contribution in [-0.4, -0.2) is 76.5 Å². The maximum atomic E-state index is 13.7. The van der Waals surface area contributed by atoms with Gasteiger partial charge in [-0.25, -0.2) is 8.42 Å². The van der Waals surface area contributed by atoms with E-state index in [4.69, 9.17) is 4.42 Å². The lowest BCUT2D eigenvalue weighted by atomic mass is 10.0. The Kier molecular flexibility index (Phi) is 7.08. The predicted molar refractivity (Wildman–Crippen MR) is 140 cm³/mol. The quantitative estimate of drug-likeness (QED) is 0.468. The molecular formula is C27H28N4O7S. The van der Waals surface area contributed by atoms with E-state index in [9.17, 15) is 27.6 Å². The molecule has 1 N–H and O–H groups in total. The average molecular weight is 553 g/mol. The third-order valence-electron chi connectivity index (χ3n) is 7.06. The Morgan fingerprint density at radius 2 is 1.92 bits per heavy atom. The number of aromatic nitrogens is 1. The van der Waals surface area contributed by atoms with Crippen LogP contribution >= 0.6 is 0 Å². The van der Waals surface area contributed by atoms with Gasteiger partial charge in [-0.05, 0) is 43.0 Å². The number of hydrogen-bond acceptors (Lipinski definition) is 8. The second kappa shape index (κ2) is 10.3. The van der Waals surface area contributed by atoms with Crippen molar-refractivity contribution in [3.05, 3.63) is 66.2 Å². The average Bonchev–Trinajstić information content (AvgIpc) is 3.63. The van der Waals surface area contributed by atoms with Crippen LogP contribution in [-0.2, 0) is 19.6 Å². The highest BCUT2D eigenvalue weighted by atomic mass is 32.2. The molecule has 2 aromatic heterocycles. The molecule has 2 saturated heterocycles. The Bertz CT molecular complexity index is 1520. The number of amides is 2. The Morgan fingerprint density at radius 3 is 2.62 bits per heavy atom. The van der Waals surface area contributed by atoms with Crippen molar-refractivity contribution in [2.24, 2.45) is 5.92 Å². The fourth-order valence-corrected chi connectivity index (χ4v) is 6.80. The second-order valence-corrected chi connectivity index (χ2v) is 12.0. The first kappa shape index (κ1) is 26.7. The van der Waals surface area contributed by atoms with Crippen LogP contribution in [0.25, 0.3) is 11.0 Å². The Hall–Kier alpha value is -3.90. The lowest BCUT2D eigenvalue weighted by Crippen LogP contribution is -2.53. The van der Waals surface area contributed by atoms with Gasteiger partial charge in [-0.2, -0.15) is 4.31 Å². The molecule has 3 atom stereocenters. The van der Waals surface area contributed by atoms with Crippen molar-refractivity contribution in [1.82, 2.24) is 19.5 Å². The van der Waals surface area contributed by atoms with Crippen molar-refractivity contribution >= 4 is 43.7 Å². The lowest BCUT2D eigenvalue weighted by molar-refractivity contribution is -0.138. The molecule has 3 unspecified atom stereocenters. The van der Waals surface area contributed by atoms with Gasteiger partial charge in [0.2, 0.25) is 5.91 Å². The van der Waals surface area contributed by atoms with E-state index in [1.165, 1.54) is 23.2 Å². The third kappa shape index (κ3) is 4.97. The summed E-state index contributed by atoms with van der Waals surface area (Å²) < 4.78 is 32.9. The zero-order valence-corrected chi connectivity index (χ0v) is 22.3. The third-order valence-corrected chi connectivity index (χ3v) is 8.78. The summed E-state index contributed by atoms with van der Waals surface area (Å²) in [7, 11) is -4.52. The molecule has 0 spiro atoms. The van der Waals surface area contributed by atoms with E-state index < -0.39 is 57.4 Å². The molecule has 0 aliphatic carbocycles. The summed E-state index contributed by atoms with van der Waals surface area (Å²) in [5, 5.41) is 2.35. The van der Waals surface area contributed by atoms with Crippen molar-refractivity contribution in [3.63, 3.8) is 0 Å². The maximum Gasteiger partial charge on any atom is 0.293 e. The number of carbonyl (C=O) groups is 4. The largest absolute Gasteiger partial charge is 0.451 e. The SMILES string of the molecule is CC(C)CC(NC(=O)c1cc2ccccc2o1)C(=O)N1CCC2C1C(=O)CN2S(=O)(=O)C(=O)c1cccnc1. The minimum atomic E-state index is -4.52. The van der Waals surface area contributed by atoms with Gasteiger partial charge in [0.25, 0.3) is 21.0 Å². The number of ketones is 1. The zero-order chi connectivity index (χ0) is 27.9. The fraction of sp³-hybridized carbons (Fsp3) is 0.370. The molecule has 5 rings (SSSR count). The van der Waals surface area contributed by atoms with Crippen LogP contribution in [0.2, 0.25) is 0 Å². The number of nitrogens with one attached hydrogen (secondary N) is 1. The number of carbonyl (C=O) groups excluding carboxylic acids is 4. The van der Waals surface area contributed by atoms with Crippen LogP contribution in [0.4, 0.5) is 0 Å². The van der Waals surface area contributed by atoms with Gasteiger partial charge in [0.15, 0.2) is 11.5 Å². The summed E-state index contributed by atoms with van der Waals surface area (Å²) in [6.07, 6.45) is 3.06. The van der Waals surface area contributed by atoms with Crippen LogP contribution in [0, 0.1) is 5.92 Å². The molecule has 0 bridgehead atoms. The van der Waals surface area contributed by atoms with Gasteiger partial charge in [-0.3, -0.25) is 24.2 Å². The summed E-state index contributed by atoms with van der Waals surface area (Å²) in [6.45, 7) is 3.41. The minimum absolute atomic E-state index is 0.0292. The number of pyridine rings is 1. The van der Waals surface area contributed by atoms with Gasteiger partial charge in [0.1, 0.15) is 17.7 Å². The van der Waals surface area contributed by atoms with Crippen molar-refractivity contribution in [1.29, 1.82) is 0 Å². The highest BCUT2D eigenvalue weighted by molar-refractivity contribution is 8.04. The number of benzene rings is 1. The van der Waals surface area contributed by atoms with Gasteiger partial charge in [-0.1, -0.05) is 32.0 Å². The standard InChI is InChI=1S/C27H28N4O7S/c1-16(2)12-19(29-25(33)23-13-17-6-3-4-8-22(17)38-23)26(34)30-11-9-20-24(30)21(32)15-31(20)39(36,37)27(35)18-7-5-10-28-14-18/h3-8,10,13-14,16,19-20,24H,9,11-12,15H2,1-2H3,(H,29,33). The highest BCUT2D eigenvalue weighted by Crippen LogP contribution is 2.33. The molecule has 1 aromatic carbocycles. The van der Waals surface area contributed by atoms with E-state index in [0.29, 0.717) is 12.0 Å². The fourth-order valence-electron chi connectivity index (χ4n) is 5.30. The molecule has 0 radical (unpaired) electrons. The zero-order valence-electron chi connectivity index (χ0n) is 21.4. The molecule has 4 heterocycles. The highest BCUT2D eigenvalue weighted by Gasteiger charge is 2.55.